The van der Waals surface area contributed by atoms with E-state index in [9.17, 15) is 9.59 Å². The Balaban J connectivity index is 2.33. The molecule has 1 aromatic rings. The van der Waals surface area contributed by atoms with Crippen molar-refractivity contribution in [2.45, 2.75) is 18.8 Å². The summed E-state index contributed by atoms with van der Waals surface area (Å²) in [5.74, 6) is -0.646. The molecule has 0 heterocycles. The van der Waals surface area contributed by atoms with Crippen molar-refractivity contribution in [3.8, 4) is 5.75 Å². The van der Waals surface area contributed by atoms with Gasteiger partial charge in [0.2, 0.25) is 5.91 Å². The molecule has 2 N–H and O–H groups in total. The third kappa shape index (κ3) is 2.16. The quantitative estimate of drug-likeness (QED) is 0.804. The van der Waals surface area contributed by atoms with Gasteiger partial charge < -0.3 is 15.2 Å². The van der Waals surface area contributed by atoms with Crippen LogP contribution < -0.4 is 10.5 Å². The number of methoxy groups -OCH3 is 1. The highest BCUT2D eigenvalue weighted by Crippen LogP contribution is 2.55. The van der Waals surface area contributed by atoms with Gasteiger partial charge in [0.15, 0.2) is 0 Å². The maximum Gasteiger partial charge on any atom is 0.317 e. The van der Waals surface area contributed by atoms with Crippen LogP contribution in [-0.2, 0) is 19.7 Å². The Morgan fingerprint density at radius 2 is 2.00 bits per heavy atom. The molecule has 0 aromatic heterocycles. The number of benzene rings is 1. The first-order valence-corrected chi connectivity index (χ1v) is 6.17. The van der Waals surface area contributed by atoms with Gasteiger partial charge >= 0.3 is 5.97 Å². The first kappa shape index (κ1) is 13.4. The van der Waals surface area contributed by atoms with Gasteiger partial charge in [-0.25, -0.2) is 0 Å². The molecule has 1 aliphatic rings. The van der Waals surface area contributed by atoms with Gasteiger partial charge in [-0.15, -0.1) is 0 Å². The Hall–Kier alpha value is -2.04. The molecule has 1 fully saturated rings. The first-order valence-electron chi connectivity index (χ1n) is 6.17. The second-order valence-corrected chi connectivity index (χ2v) is 4.58. The molecule has 5 nitrogen and oxygen atoms in total. The number of nitrogens with two attached hydrogens (primary N) is 1. The van der Waals surface area contributed by atoms with E-state index in [0.717, 1.165) is 5.56 Å². The predicted molar refractivity (Wildman–Crippen MR) is 68.6 cm³/mol. The molecule has 2 rings (SSSR count). The normalized spacial score (nSPS) is 24.6. The summed E-state index contributed by atoms with van der Waals surface area (Å²) >= 11 is 0. The van der Waals surface area contributed by atoms with Gasteiger partial charge in [0.05, 0.1) is 19.6 Å². The molecule has 1 saturated carbocycles. The number of esters is 1. The lowest BCUT2D eigenvalue weighted by atomic mass is 9.93. The van der Waals surface area contributed by atoms with Crippen molar-refractivity contribution < 1.29 is 19.1 Å². The van der Waals surface area contributed by atoms with Crippen molar-refractivity contribution in [2.75, 3.05) is 13.7 Å². The molecule has 2 atom stereocenters. The number of carbonyl (C=O) groups excluding carboxylic acids is 2. The third-order valence-electron chi connectivity index (χ3n) is 3.55. The van der Waals surface area contributed by atoms with Gasteiger partial charge in [-0.05, 0) is 31.0 Å². The maximum atomic E-state index is 12.1. The minimum atomic E-state index is -0.909. The number of rotatable bonds is 5. The minimum Gasteiger partial charge on any atom is -0.497 e. The van der Waals surface area contributed by atoms with Crippen LogP contribution in [0.15, 0.2) is 24.3 Å². The average Bonchev–Trinajstić information content (AvgIpc) is 3.16. The molecule has 19 heavy (non-hydrogen) atoms. The number of primary amides is 1. The van der Waals surface area contributed by atoms with Crippen LogP contribution in [0.1, 0.15) is 18.9 Å². The summed E-state index contributed by atoms with van der Waals surface area (Å²) in [5.41, 5.74) is 5.17. The van der Waals surface area contributed by atoms with Crippen LogP contribution in [0.5, 0.6) is 5.75 Å². The molecule has 1 amide bonds. The van der Waals surface area contributed by atoms with Gasteiger partial charge in [0, 0.05) is 0 Å². The summed E-state index contributed by atoms with van der Waals surface area (Å²) in [6, 6.07) is 7.07. The standard InChI is InChI=1S/C14H17NO4/c1-3-19-13(17)14(8-11(14)12(15)16)9-4-6-10(18-2)7-5-9/h4-7,11H,3,8H2,1-2H3,(H2,15,16)/t11?,14-/m1/s1. The van der Waals surface area contributed by atoms with Crippen LogP contribution in [0.3, 0.4) is 0 Å². The lowest BCUT2D eigenvalue weighted by molar-refractivity contribution is -0.147. The van der Waals surface area contributed by atoms with Crippen molar-refractivity contribution in [3.63, 3.8) is 0 Å². The molecular formula is C14H17NO4. The van der Waals surface area contributed by atoms with Crippen LogP contribution in [0.25, 0.3) is 0 Å². The highest BCUT2D eigenvalue weighted by molar-refractivity contribution is 5.97. The second kappa shape index (κ2) is 4.91. The van der Waals surface area contributed by atoms with Gasteiger partial charge in [-0.2, -0.15) is 0 Å². The molecule has 102 valence electrons. The largest absolute Gasteiger partial charge is 0.497 e. The van der Waals surface area contributed by atoms with Crippen LogP contribution >= 0.6 is 0 Å². The van der Waals surface area contributed by atoms with Crippen LogP contribution in [-0.4, -0.2) is 25.6 Å². The van der Waals surface area contributed by atoms with Crippen molar-refractivity contribution >= 4 is 11.9 Å². The predicted octanol–water partition coefficient (Wildman–Crippen LogP) is 1.00. The fourth-order valence-electron chi connectivity index (χ4n) is 2.42. The van der Waals surface area contributed by atoms with Gasteiger partial charge in [-0.3, -0.25) is 9.59 Å². The molecule has 0 radical (unpaired) electrons. The summed E-state index contributed by atoms with van der Waals surface area (Å²) in [4.78, 5) is 23.5. The molecule has 0 bridgehead atoms. The lowest BCUT2D eigenvalue weighted by Crippen LogP contribution is -2.30. The van der Waals surface area contributed by atoms with Crippen LogP contribution in [0.4, 0.5) is 0 Å². The van der Waals surface area contributed by atoms with E-state index in [1.807, 2.05) is 0 Å². The average molecular weight is 263 g/mol. The molecule has 1 aromatic carbocycles. The van der Waals surface area contributed by atoms with E-state index in [-0.39, 0.29) is 12.6 Å². The molecule has 1 unspecified atom stereocenters. The Labute approximate surface area is 111 Å². The summed E-state index contributed by atoms with van der Waals surface area (Å²) in [6.45, 7) is 2.02. The fourth-order valence-corrected chi connectivity index (χ4v) is 2.42. The zero-order valence-electron chi connectivity index (χ0n) is 11.0. The zero-order valence-corrected chi connectivity index (χ0v) is 11.0. The number of carbonyl (C=O) groups is 2. The number of hydrogen-bond donors (Lipinski definition) is 1. The van der Waals surface area contributed by atoms with Gasteiger partial charge in [-0.1, -0.05) is 12.1 Å². The Kier molecular flexibility index (Phi) is 3.46. The van der Waals surface area contributed by atoms with Crippen LogP contribution in [0.2, 0.25) is 0 Å². The minimum absolute atomic E-state index is 0.280. The van der Waals surface area contributed by atoms with E-state index >= 15 is 0 Å². The smallest absolute Gasteiger partial charge is 0.317 e. The molecule has 1 aliphatic carbocycles. The molecule has 5 heteroatoms. The van der Waals surface area contributed by atoms with Crippen molar-refractivity contribution in [3.05, 3.63) is 29.8 Å². The summed E-state index contributed by atoms with van der Waals surface area (Å²) in [5, 5.41) is 0. The van der Waals surface area contributed by atoms with Crippen molar-refractivity contribution in [1.82, 2.24) is 0 Å². The van der Waals surface area contributed by atoms with E-state index in [0.29, 0.717) is 12.2 Å². The monoisotopic (exact) mass is 263 g/mol. The van der Waals surface area contributed by atoms with Crippen molar-refractivity contribution in [2.24, 2.45) is 11.7 Å². The number of amides is 1. The summed E-state index contributed by atoms with van der Waals surface area (Å²) in [6.07, 6.45) is 0.410. The Bertz CT molecular complexity index is 497. The molecule has 0 aliphatic heterocycles. The van der Waals surface area contributed by atoms with Crippen molar-refractivity contribution in [1.29, 1.82) is 0 Å². The van der Waals surface area contributed by atoms with Gasteiger partial charge in [0.1, 0.15) is 11.2 Å². The lowest BCUT2D eigenvalue weighted by Gasteiger charge is -2.16. The molecular weight excluding hydrogens is 246 g/mol. The van der Waals surface area contributed by atoms with E-state index in [2.05, 4.69) is 0 Å². The second-order valence-electron chi connectivity index (χ2n) is 4.58. The third-order valence-corrected chi connectivity index (χ3v) is 3.55. The fraction of sp³-hybridized carbons (Fsp3) is 0.429. The zero-order chi connectivity index (χ0) is 14.0. The summed E-state index contributed by atoms with van der Waals surface area (Å²) < 4.78 is 10.2. The molecule has 0 spiro atoms. The van der Waals surface area contributed by atoms with Gasteiger partial charge in [0.25, 0.3) is 0 Å². The summed E-state index contributed by atoms with van der Waals surface area (Å²) in [7, 11) is 1.57. The van der Waals surface area contributed by atoms with Crippen LogP contribution in [0, 0.1) is 5.92 Å². The Morgan fingerprint density at radius 1 is 1.37 bits per heavy atom. The maximum absolute atomic E-state index is 12.1. The SMILES string of the molecule is CCOC(=O)[C@@]1(c2ccc(OC)cc2)CC1C(N)=O. The highest BCUT2D eigenvalue weighted by Gasteiger charge is 2.65. The van der Waals surface area contributed by atoms with E-state index < -0.39 is 17.2 Å². The van der Waals surface area contributed by atoms with E-state index in [1.165, 1.54) is 0 Å². The number of ether oxygens (including phenoxy) is 2. The number of hydrogen-bond acceptors (Lipinski definition) is 4. The van der Waals surface area contributed by atoms with E-state index in [4.69, 9.17) is 15.2 Å². The molecule has 0 saturated heterocycles. The first-order chi connectivity index (χ1) is 9.06. The topological polar surface area (TPSA) is 78.6 Å². The van der Waals surface area contributed by atoms with E-state index in [1.54, 1.807) is 38.3 Å². The Morgan fingerprint density at radius 3 is 2.42 bits per heavy atom. The highest BCUT2D eigenvalue weighted by atomic mass is 16.5.